The molecule has 2 aromatic heterocycles. The van der Waals surface area contributed by atoms with Gasteiger partial charge in [-0.3, -0.25) is 4.57 Å². The number of nitrogens with zero attached hydrogens (tertiary/aromatic N) is 4. The van der Waals surface area contributed by atoms with E-state index in [2.05, 4.69) is 19.7 Å². The van der Waals surface area contributed by atoms with Crippen molar-refractivity contribution >= 4 is 50.4 Å². The van der Waals surface area contributed by atoms with Gasteiger partial charge >= 0.3 is 0 Å². The summed E-state index contributed by atoms with van der Waals surface area (Å²) in [6.45, 7) is -0.295. The molecule has 1 saturated heterocycles. The summed E-state index contributed by atoms with van der Waals surface area (Å²) in [7, 11) is -3.91. The topological polar surface area (TPSA) is 191 Å². The molecule has 1 aromatic carbocycles. The van der Waals surface area contributed by atoms with Crippen LogP contribution in [0.3, 0.4) is 0 Å². The lowest BCUT2D eigenvalue weighted by molar-refractivity contribution is -0.0329. The Bertz CT molecular complexity index is 1280. The summed E-state index contributed by atoms with van der Waals surface area (Å²) in [6.07, 6.45) is -0.938. The van der Waals surface area contributed by atoms with Gasteiger partial charge in [0.1, 0.15) is 30.2 Å². The van der Waals surface area contributed by atoms with E-state index in [4.69, 9.17) is 27.8 Å². The average molecular weight is 482 g/mol. The van der Waals surface area contributed by atoms with Crippen LogP contribution < -0.4 is 16.2 Å². The molecule has 0 aliphatic carbocycles. The molecule has 1 aliphatic heterocycles. The van der Waals surface area contributed by atoms with Crippen LogP contribution >= 0.6 is 11.6 Å². The SMILES string of the molecule is Nc1c(Cl)cccc1/C=C/S(=O)(=O)NC[C@H]1O[C@@H](n2cnc3c(N)ncnc32)[C@H](O)[C@@H]1O. The highest BCUT2D eigenvalue weighted by atomic mass is 35.5. The predicted molar refractivity (Wildman–Crippen MR) is 117 cm³/mol. The fourth-order valence-electron chi connectivity index (χ4n) is 3.29. The van der Waals surface area contributed by atoms with Crippen molar-refractivity contribution in [3.63, 3.8) is 0 Å². The quantitative estimate of drug-likeness (QED) is 0.296. The normalized spacial score (nSPS) is 24.0. The number of halogens is 1. The number of anilines is 2. The maximum Gasteiger partial charge on any atom is 0.233 e. The summed E-state index contributed by atoms with van der Waals surface area (Å²) in [4.78, 5) is 12.0. The molecule has 0 unspecified atom stereocenters. The highest BCUT2D eigenvalue weighted by molar-refractivity contribution is 7.92. The number of ether oxygens (including phenoxy) is 1. The van der Waals surface area contributed by atoms with Gasteiger partial charge in [-0.05, 0) is 17.7 Å². The van der Waals surface area contributed by atoms with Crippen molar-refractivity contribution in [2.24, 2.45) is 0 Å². The number of nitrogens with two attached hydrogens (primary N) is 2. The van der Waals surface area contributed by atoms with E-state index in [-0.39, 0.29) is 18.1 Å². The van der Waals surface area contributed by atoms with Gasteiger partial charge in [0, 0.05) is 12.0 Å². The third-order valence-corrected chi connectivity index (χ3v) is 6.39. The second-order valence-electron chi connectivity index (χ2n) is 7.07. The number of aliphatic hydroxyl groups is 2. The second-order valence-corrected chi connectivity index (χ2v) is 9.13. The first-order valence-electron chi connectivity index (χ1n) is 9.34. The zero-order valence-corrected chi connectivity index (χ0v) is 18.0. The van der Waals surface area contributed by atoms with Crippen LogP contribution in [-0.2, 0) is 14.8 Å². The molecule has 3 aromatic rings. The number of imidazole rings is 1. The molecule has 170 valence electrons. The largest absolute Gasteiger partial charge is 0.397 e. The molecule has 32 heavy (non-hydrogen) atoms. The number of rotatable bonds is 6. The number of hydrogen-bond donors (Lipinski definition) is 5. The van der Waals surface area contributed by atoms with Gasteiger partial charge in [0.15, 0.2) is 17.7 Å². The monoisotopic (exact) mass is 481 g/mol. The van der Waals surface area contributed by atoms with Gasteiger partial charge < -0.3 is 26.4 Å². The van der Waals surface area contributed by atoms with E-state index in [1.165, 1.54) is 23.3 Å². The first kappa shape index (κ1) is 22.4. The molecule has 0 bridgehead atoms. The minimum absolute atomic E-state index is 0.151. The van der Waals surface area contributed by atoms with Crippen LogP contribution in [0.2, 0.25) is 5.02 Å². The third-order valence-electron chi connectivity index (χ3n) is 5.00. The lowest BCUT2D eigenvalue weighted by Gasteiger charge is -2.16. The van der Waals surface area contributed by atoms with E-state index in [9.17, 15) is 18.6 Å². The van der Waals surface area contributed by atoms with E-state index in [0.717, 1.165) is 5.41 Å². The van der Waals surface area contributed by atoms with E-state index >= 15 is 0 Å². The van der Waals surface area contributed by atoms with E-state index in [0.29, 0.717) is 21.7 Å². The number of aromatic nitrogens is 4. The molecule has 12 nitrogen and oxygen atoms in total. The lowest BCUT2D eigenvalue weighted by Crippen LogP contribution is -2.39. The van der Waals surface area contributed by atoms with Crippen LogP contribution in [-0.4, -0.2) is 63.0 Å². The molecular weight excluding hydrogens is 462 g/mol. The van der Waals surface area contributed by atoms with Gasteiger partial charge in [-0.15, -0.1) is 0 Å². The molecule has 14 heteroatoms. The van der Waals surface area contributed by atoms with E-state index < -0.39 is 34.6 Å². The third kappa shape index (κ3) is 4.26. The smallest absolute Gasteiger partial charge is 0.233 e. The number of nitrogens with one attached hydrogen (secondary N) is 1. The van der Waals surface area contributed by atoms with Crippen LogP contribution in [0.4, 0.5) is 11.5 Å². The summed E-state index contributed by atoms with van der Waals surface area (Å²) in [5.74, 6) is 0.151. The fraction of sp³-hybridized carbons (Fsp3) is 0.278. The summed E-state index contributed by atoms with van der Waals surface area (Å²) < 4.78 is 34.1. The van der Waals surface area contributed by atoms with Gasteiger partial charge in [0.05, 0.1) is 17.0 Å². The van der Waals surface area contributed by atoms with Gasteiger partial charge in [-0.1, -0.05) is 23.7 Å². The summed E-state index contributed by atoms with van der Waals surface area (Å²) in [6, 6.07) is 4.84. The summed E-state index contributed by atoms with van der Waals surface area (Å²) in [5, 5.41) is 22.1. The number of sulfonamides is 1. The Kier molecular flexibility index (Phi) is 6.03. The Labute approximate surface area is 187 Å². The van der Waals surface area contributed by atoms with Crippen molar-refractivity contribution in [3.8, 4) is 0 Å². The van der Waals surface area contributed by atoms with Crippen molar-refractivity contribution in [2.75, 3.05) is 18.0 Å². The number of hydrogen-bond acceptors (Lipinski definition) is 10. The highest BCUT2D eigenvalue weighted by Crippen LogP contribution is 2.32. The molecular formula is C18H20ClN7O5S. The van der Waals surface area contributed by atoms with Crippen LogP contribution in [0.1, 0.15) is 11.8 Å². The lowest BCUT2D eigenvalue weighted by atomic mass is 10.1. The van der Waals surface area contributed by atoms with Crippen molar-refractivity contribution in [3.05, 3.63) is 46.8 Å². The first-order valence-corrected chi connectivity index (χ1v) is 11.3. The van der Waals surface area contributed by atoms with Crippen molar-refractivity contribution in [1.82, 2.24) is 24.2 Å². The molecule has 0 radical (unpaired) electrons. The standard InChI is InChI=1S/C18H20ClN7O5S/c19-10-3-1-2-9(12(10)20)4-5-32(29,30)25-6-11-14(27)15(28)18(31-11)26-8-24-13-16(21)22-7-23-17(13)26/h1-5,7-8,11,14-15,18,25,27-28H,6,20H2,(H2,21,22,23)/b5-4+/t11-,14-,15-,18-/m1/s1. The average Bonchev–Trinajstić information content (AvgIpc) is 3.30. The Morgan fingerprint density at radius 3 is 2.78 bits per heavy atom. The van der Waals surface area contributed by atoms with Crippen molar-refractivity contribution < 1.29 is 23.4 Å². The van der Waals surface area contributed by atoms with Crippen molar-refractivity contribution in [1.29, 1.82) is 0 Å². The van der Waals surface area contributed by atoms with Gasteiger partial charge in [0.2, 0.25) is 10.0 Å². The minimum atomic E-state index is -3.91. The zero-order chi connectivity index (χ0) is 23.0. The molecule has 1 aliphatic rings. The number of benzene rings is 1. The number of aliphatic hydroxyl groups excluding tert-OH is 2. The second kappa shape index (κ2) is 8.61. The Hall–Kier alpha value is -2.81. The first-order chi connectivity index (χ1) is 15.2. The molecule has 4 atom stereocenters. The molecule has 0 saturated carbocycles. The summed E-state index contributed by atoms with van der Waals surface area (Å²) >= 11 is 5.93. The summed E-state index contributed by atoms with van der Waals surface area (Å²) in [5.41, 5.74) is 12.9. The predicted octanol–water partition coefficient (Wildman–Crippen LogP) is -0.146. The Balaban J connectivity index is 1.46. The van der Waals surface area contributed by atoms with Crippen LogP contribution in [0.5, 0.6) is 0 Å². The van der Waals surface area contributed by atoms with Crippen molar-refractivity contribution in [2.45, 2.75) is 24.5 Å². The van der Waals surface area contributed by atoms with E-state index in [1.54, 1.807) is 18.2 Å². The van der Waals surface area contributed by atoms with Crippen LogP contribution in [0.15, 0.2) is 36.3 Å². The Morgan fingerprint density at radius 2 is 2.00 bits per heavy atom. The molecule has 0 spiro atoms. The molecule has 3 heterocycles. The fourth-order valence-corrected chi connectivity index (χ4v) is 4.29. The maximum atomic E-state index is 12.4. The van der Waals surface area contributed by atoms with Gasteiger partial charge in [-0.25, -0.2) is 28.1 Å². The molecule has 0 amide bonds. The van der Waals surface area contributed by atoms with Crippen LogP contribution in [0.25, 0.3) is 17.2 Å². The molecule has 4 rings (SSSR count). The molecule has 7 N–H and O–H groups in total. The van der Waals surface area contributed by atoms with Gasteiger partial charge in [-0.2, -0.15) is 0 Å². The van der Waals surface area contributed by atoms with Gasteiger partial charge in [0.25, 0.3) is 0 Å². The minimum Gasteiger partial charge on any atom is -0.397 e. The number of fused-ring (bicyclic) bond motifs is 1. The number of nitrogen functional groups attached to an aromatic ring is 2. The van der Waals surface area contributed by atoms with Crippen LogP contribution in [0, 0.1) is 0 Å². The van der Waals surface area contributed by atoms with E-state index in [1.807, 2.05) is 0 Å². The zero-order valence-electron chi connectivity index (χ0n) is 16.4. The highest BCUT2D eigenvalue weighted by Gasteiger charge is 2.44. The Morgan fingerprint density at radius 1 is 1.22 bits per heavy atom. The maximum absolute atomic E-state index is 12.4. The molecule has 1 fully saturated rings. The number of para-hydroxylation sites is 1.